The Balaban J connectivity index is 0.922. The highest BCUT2D eigenvalue weighted by molar-refractivity contribution is 6.33. The number of hydrogen-bond donors (Lipinski definition) is 2. The van der Waals surface area contributed by atoms with Crippen LogP contribution in [0.1, 0.15) is 61.6 Å². The van der Waals surface area contributed by atoms with Crippen molar-refractivity contribution in [3.05, 3.63) is 58.1 Å². The Morgan fingerprint density at radius 2 is 1.56 bits per heavy atom. The van der Waals surface area contributed by atoms with Crippen molar-refractivity contribution in [1.82, 2.24) is 29.4 Å². The monoisotopic (exact) mass is 888 g/mol. The van der Waals surface area contributed by atoms with Gasteiger partial charge in [0.05, 0.1) is 29.4 Å². The number of fused-ring (bicyclic) bond motifs is 1. The predicted molar refractivity (Wildman–Crippen MR) is 224 cm³/mol. The smallest absolute Gasteiger partial charge is 0.418 e. The normalized spacial score (nSPS) is 20.6. The molecule has 3 N–H and O–H groups in total. The van der Waals surface area contributed by atoms with E-state index in [2.05, 4.69) is 15.1 Å². The van der Waals surface area contributed by atoms with Crippen molar-refractivity contribution in [1.29, 1.82) is 0 Å². The Labute approximate surface area is 364 Å². The van der Waals surface area contributed by atoms with E-state index >= 15 is 0 Å². The Morgan fingerprint density at radius 3 is 2.27 bits per heavy atom. The topological polar surface area (TPSA) is 161 Å². The van der Waals surface area contributed by atoms with Gasteiger partial charge in [0.15, 0.2) is 6.10 Å². The number of benzene rings is 2. The van der Waals surface area contributed by atoms with Crippen LogP contribution in [0.3, 0.4) is 0 Å². The zero-order chi connectivity index (χ0) is 44.0. The van der Waals surface area contributed by atoms with E-state index in [4.69, 9.17) is 26.8 Å². The first-order valence-electron chi connectivity index (χ1n) is 21.7. The second-order valence-corrected chi connectivity index (χ2v) is 17.2. The molecule has 7 rings (SSSR count). The number of piperidine rings is 3. The quantitative estimate of drug-likeness (QED) is 0.239. The largest absolute Gasteiger partial charge is 0.463 e. The number of anilines is 2. The number of carbonyl (C=O) groups is 5. The summed E-state index contributed by atoms with van der Waals surface area (Å²) in [6.45, 7) is 5.63. The SMILES string of the molecule is Nc1c(Cl)cc(C[C@@H](OC(=O)N2CCC(N3CCc4ccccc4NC3=O)CC2)C(=O)N2CCN(C3CCN(CC(=O)OCCN4CCCCC4=O)CC3)CC2)cc1C(F)(F)F. The number of nitrogens with one attached hydrogen (secondary N) is 1. The lowest BCUT2D eigenvalue weighted by atomic mass is 10.0. The van der Waals surface area contributed by atoms with Gasteiger partial charge in [-0.1, -0.05) is 29.8 Å². The summed E-state index contributed by atoms with van der Waals surface area (Å²) in [4.78, 5) is 76.6. The third-order valence-electron chi connectivity index (χ3n) is 12.8. The van der Waals surface area contributed by atoms with Crippen LogP contribution in [0, 0.1) is 0 Å². The molecule has 4 saturated heterocycles. The number of likely N-dealkylation sites (tertiary alicyclic amines) is 3. The van der Waals surface area contributed by atoms with Crippen LogP contribution in [0.4, 0.5) is 34.1 Å². The molecule has 0 aromatic heterocycles. The van der Waals surface area contributed by atoms with Gasteiger partial charge in [-0.05, 0) is 74.3 Å². The highest BCUT2D eigenvalue weighted by Gasteiger charge is 2.38. The summed E-state index contributed by atoms with van der Waals surface area (Å²) >= 11 is 6.15. The van der Waals surface area contributed by atoms with Crippen LogP contribution in [0.25, 0.3) is 0 Å². The fraction of sp³-hybridized carbons (Fsp3) is 0.605. The van der Waals surface area contributed by atoms with E-state index in [-0.39, 0.29) is 73.2 Å². The van der Waals surface area contributed by atoms with Gasteiger partial charge in [0.2, 0.25) is 5.91 Å². The maximum Gasteiger partial charge on any atom is 0.418 e. The maximum absolute atomic E-state index is 14.2. The van der Waals surface area contributed by atoms with Gasteiger partial charge < -0.3 is 40.1 Å². The van der Waals surface area contributed by atoms with Gasteiger partial charge in [-0.25, -0.2) is 9.59 Å². The van der Waals surface area contributed by atoms with Crippen molar-refractivity contribution in [2.45, 2.75) is 82.2 Å². The van der Waals surface area contributed by atoms with Crippen molar-refractivity contribution in [3.8, 4) is 0 Å². The highest BCUT2D eigenvalue weighted by Crippen LogP contribution is 2.38. The average Bonchev–Trinajstić information content (AvgIpc) is 3.43. The molecule has 5 amide bonds. The van der Waals surface area contributed by atoms with E-state index in [9.17, 15) is 37.1 Å². The molecule has 15 nitrogen and oxygen atoms in total. The molecule has 0 bridgehead atoms. The zero-order valence-corrected chi connectivity index (χ0v) is 35.6. The molecule has 4 fully saturated rings. The first-order chi connectivity index (χ1) is 29.7. The number of nitrogens with zero attached hydrogens (tertiary/aromatic N) is 6. The maximum atomic E-state index is 14.2. The van der Waals surface area contributed by atoms with Crippen molar-refractivity contribution in [2.75, 3.05) is 96.2 Å². The van der Waals surface area contributed by atoms with Gasteiger partial charge >= 0.3 is 24.3 Å². The van der Waals surface area contributed by atoms with Gasteiger partial charge in [-0.3, -0.25) is 24.2 Å². The van der Waals surface area contributed by atoms with Gasteiger partial charge in [-0.15, -0.1) is 0 Å². The van der Waals surface area contributed by atoms with E-state index in [0.29, 0.717) is 84.6 Å². The molecule has 2 aromatic carbocycles. The van der Waals surface area contributed by atoms with Gasteiger partial charge in [0.1, 0.15) is 6.61 Å². The second kappa shape index (κ2) is 20.1. The van der Waals surface area contributed by atoms with E-state index < -0.39 is 35.5 Å². The molecule has 19 heteroatoms. The summed E-state index contributed by atoms with van der Waals surface area (Å²) in [5, 5.41) is 2.66. The predicted octanol–water partition coefficient (Wildman–Crippen LogP) is 4.71. The number of rotatable bonds is 11. The molecule has 338 valence electrons. The number of ether oxygens (including phenoxy) is 2. The molecule has 0 aliphatic carbocycles. The summed E-state index contributed by atoms with van der Waals surface area (Å²) in [5.41, 5.74) is 5.79. The standard InChI is InChI=1S/C43H56ClF3N8O7/c44-34-26-29(25-33(39(34)48)43(45,46)47)27-36(62-42(60)54-16-11-32(12-17-54)55-18-8-30-5-1-2-6-35(30)49-41(55)59)40(58)53-21-19-51(20-22-53)31-9-14-50(15-10-31)28-38(57)61-24-23-52-13-4-3-7-37(52)56/h1-2,5-6,25-26,31-32,36H,3-4,7-24,27-28,48H2,(H,49,59)/t36-/m1/s1. The minimum atomic E-state index is -4.80. The van der Waals surface area contributed by atoms with Crippen LogP contribution in [-0.4, -0.2) is 163 Å². The van der Waals surface area contributed by atoms with E-state index in [1.807, 2.05) is 24.3 Å². The molecule has 0 radical (unpaired) electrons. The van der Waals surface area contributed by atoms with E-state index in [0.717, 1.165) is 43.0 Å². The molecule has 0 unspecified atom stereocenters. The second-order valence-electron chi connectivity index (χ2n) is 16.8. The minimum absolute atomic E-state index is 0.0425. The first-order valence-corrected chi connectivity index (χ1v) is 22.1. The van der Waals surface area contributed by atoms with Crippen LogP contribution in [0.2, 0.25) is 5.02 Å². The number of nitrogen functional groups attached to an aromatic ring is 1. The Hall–Kier alpha value is -4.81. The number of esters is 1. The lowest BCUT2D eigenvalue weighted by molar-refractivity contribution is -0.147. The summed E-state index contributed by atoms with van der Waals surface area (Å²) in [6.07, 6.45) is -1.68. The Bertz CT molecular complexity index is 1950. The van der Waals surface area contributed by atoms with E-state index in [1.54, 1.807) is 14.7 Å². The van der Waals surface area contributed by atoms with Crippen LogP contribution in [0.15, 0.2) is 36.4 Å². The average molecular weight is 889 g/mol. The fourth-order valence-corrected chi connectivity index (χ4v) is 9.51. The molecule has 0 saturated carbocycles. The molecule has 5 heterocycles. The molecule has 1 atom stereocenters. The number of halogens is 4. The molecule has 62 heavy (non-hydrogen) atoms. The van der Waals surface area contributed by atoms with Gasteiger partial charge in [0, 0.05) is 96.1 Å². The number of hydrogen-bond acceptors (Lipinski definition) is 10. The number of para-hydroxylation sites is 1. The molecule has 0 spiro atoms. The third kappa shape index (κ3) is 11.2. The number of alkyl halides is 3. The molecular weight excluding hydrogens is 833 g/mol. The molecule has 5 aliphatic rings. The molecule has 2 aromatic rings. The van der Waals surface area contributed by atoms with Crippen LogP contribution in [-0.2, 0) is 42.9 Å². The fourth-order valence-electron chi connectivity index (χ4n) is 9.26. The minimum Gasteiger partial charge on any atom is -0.463 e. The number of amides is 5. The summed E-state index contributed by atoms with van der Waals surface area (Å²) < 4.78 is 53.1. The Morgan fingerprint density at radius 1 is 0.855 bits per heavy atom. The van der Waals surface area contributed by atoms with Crippen LogP contribution >= 0.6 is 11.6 Å². The Kier molecular flexibility index (Phi) is 14.7. The number of urea groups is 1. The van der Waals surface area contributed by atoms with Crippen molar-refractivity contribution < 1.29 is 46.6 Å². The lowest BCUT2D eigenvalue weighted by Gasteiger charge is -2.43. The zero-order valence-electron chi connectivity index (χ0n) is 34.9. The van der Waals surface area contributed by atoms with Crippen molar-refractivity contribution in [2.24, 2.45) is 0 Å². The number of nitrogens with two attached hydrogens (primary N) is 1. The van der Waals surface area contributed by atoms with Crippen LogP contribution < -0.4 is 11.1 Å². The van der Waals surface area contributed by atoms with Crippen molar-refractivity contribution >= 4 is 52.9 Å². The first kappa shape index (κ1) is 45.2. The third-order valence-corrected chi connectivity index (χ3v) is 13.2. The number of carbonyl (C=O) groups excluding carboxylic acids is 5. The van der Waals surface area contributed by atoms with Gasteiger partial charge in [-0.2, -0.15) is 13.2 Å². The number of piperazine rings is 1. The summed E-state index contributed by atoms with van der Waals surface area (Å²) in [5.74, 6) is -0.733. The van der Waals surface area contributed by atoms with Gasteiger partial charge in [0.25, 0.3) is 5.91 Å². The highest BCUT2D eigenvalue weighted by atomic mass is 35.5. The summed E-state index contributed by atoms with van der Waals surface area (Å²) in [6, 6.07) is 9.65. The lowest BCUT2D eigenvalue weighted by Crippen LogP contribution is -2.57. The van der Waals surface area contributed by atoms with E-state index in [1.165, 1.54) is 11.0 Å². The molecule has 5 aliphatic heterocycles. The van der Waals surface area contributed by atoms with Crippen molar-refractivity contribution in [3.63, 3.8) is 0 Å². The summed E-state index contributed by atoms with van der Waals surface area (Å²) in [7, 11) is 0. The van der Waals surface area contributed by atoms with Crippen LogP contribution in [0.5, 0.6) is 0 Å². The molecular formula is C43H56ClF3N8O7.